The first kappa shape index (κ1) is 13.6. The Morgan fingerprint density at radius 3 is 2.53 bits per heavy atom. The molecular weight excluding hydrogens is 244 g/mol. The number of nitrogens with zero attached hydrogens (tertiary/aromatic N) is 4. The van der Waals surface area contributed by atoms with Crippen molar-refractivity contribution in [2.45, 2.75) is 32.4 Å². The molecule has 1 amide bonds. The van der Waals surface area contributed by atoms with Gasteiger partial charge in [0.15, 0.2) is 0 Å². The van der Waals surface area contributed by atoms with Crippen LogP contribution in [0.1, 0.15) is 26.3 Å². The Bertz CT molecular complexity index is 536. The van der Waals surface area contributed by atoms with Gasteiger partial charge in [0, 0.05) is 32.7 Å². The molecule has 104 valence electrons. The molecule has 0 N–H and O–H groups in total. The number of anilines is 1. The number of likely N-dealkylation sites (tertiary alicyclic amines) is 1. The molecule has 1 atom stereocenters. The summed E-state index contributed by atoms with van der Waals surface area (Å²) in [6, 6.07) is 2.83. The summed E-state index contributed by atoms with van der Waals surface area (Å²) in [6.07, 6.45) is 0.640. The fraction of sp³-hybridized carbons (Fsp3) is 0.615. The molecular formula is C13H20N4O2. The minimum Gasteiger partial charge on any atom is -0.361 e. The number of carbonyl (C=O) groups is 1. The van der Waals surface area contributed by atoms with Crippen LogP contribution in [0.5, 0.6) is 0 Å². The van der Waals surface area contributed by atoms with Crippen molar-refractivity contribution in [2.75, 3.05) is 25.5 Å². The largest absolute Gasteiger partial charge is 0.361 e. The Morgan fingerprint density at radius 1 is 1.32 bits per heavy atom. The molecule has 0 aliphatic carbocycles. The van der Waals surface area contributed by atoms with Gasteiger partial charge in [-0.2, -0.15) is 5.10 Å². The summed E-state index contributed by atoms with van der Waals surface area (Å²) in [5.41, 5.74) is -0.227. The third-order valence-electron chi connectivity index (χ3n) is 3.40. The maximum absolute atomic E-state index is 12.3. The van der Waals surface area contributed by atoms with E-state index in [1.165, 1.54) is 10.7 Å². The van der Waals surface area contributed by atoms with Crippen LogP contribution >= 0.6 is 0 Å². The zero-order chi connectivity index (χ0) is 14.2. The maximum Gasteiger partial charge on any atom is 0.267 e. The number of carbonyl (C=O) groups excluding carboxylic acids is 1. The topological polar surface area (TPSA) is 58.4 Å². The smallest absolute Gasteiger partial charge is 0.267 e. The molecule has 1 aromatic rings. The van der Waals surface area contributed by atoms with Gasteiger partial charge in [0.2, 0.25) is 5.91 Å². The van der Waals surface area contributed by atoms with Gasteiger partial charge >= 0.3 is 0 Å². The molecule has 19 heavy (non-hydrogen) atoms. The molecule has 1 fully saturated rings. The highest BCUT2D eigenvalue weighted by Crippen LogP contribution is 2.23. The average Bonchev–Trinajstić information content (AvgIpc) is 2.71. The maximum atomic E-state index is 12.3. The Balaban J connectivity index is 2.35. The molecule has 1 aromatic heterocycles. The second-order valence-electron chi connectivity index (χ2n) is 5.30. The molecule has 2 rings (SSSR count). The van der Waals surface area contributed by atoms with Crippen LogP contribution < -0.4 is 10.5 Å². The van der Waals surface area contributed by atoms with E-state index in [4.69, 9.17) is 0 Å². The lowest BCUT2D eigenvalue weighted by molar-refractivity contribution is -0.132. The van der Waals surface area contributed by atoms with Crippen LogP contribution in [0.2, 0.25) is 0 Å². The highest BCUT2D eigenvalue weighted by Gasteiger charge is 2.35. The monoisotopic (exact) mass is 264 g/mol. The fourth-order valence-electron chi connectivity index (χ4n) is 2.30. The summed E-state index contributed by atoms with van der Waals surface area (Å²) in [7, 11) is 3.71. The van der Waals surface area contributed by atoms with Crippen LogP contribution in [0.15, 0.2) is 16.9 Å². The van der Waals surface area contributed by atoms with E-state index in [-0.39, 0.29) is 17.5 Å². The Kier molecular flexibility index (Phi) is 3.59. The van der Waals surface area contributed by atoms with Crippen molar-refractivity contribution in [3.05, 3.63) is 22.5 Å². The van der Waals surface area contributed by atoms with E-state index in [9.17, 15) is 9.59 Å². The average molecular weight is 264 g/mol. The van der Waals surface area contributed by atoms with Gasteiger partial charge in [-0.25, -0.2) is 4.68 Å². The molecule has 6 heteroatoms. The van der Waals surface area contributed by atoms with Crippen molar-refractivity contribution in [1.29, 1.82) is 0 Å². The highest BCUT2D eigenvalue weighted by molar-refractivity contribution is 5.82. The normalized spacial score (nSPS) is 19.3. The van der Waals surface area contributed by atoms with Crippen LogP contribution in [-0.4, -0.2) is 47.3 Å². The van der Waals surface area contributed by atoms with Crippen molar-refractivity contribution in [2.24, 2.45) is 0 Å². The molecule has 0 bridgehead atoms. The quantitative estimate of drug-likeness (QED) is 0.797. The zero-order valence-electron chi connectivity index (χ0n) is 11.8. The van der Waals surface area contributed by atoms with Gasteiger partial charge in [0.1, 0.15) is 11.9 Å². The molecule has 2 heterocycles. The predicted octanol–water partition coefficient (Wildman–Crippen LogP) is 0.491. The minimum absolute atomic E-state index is 0.0134. The van der Waals surface area contributed by atoms with E-state index >= 15 is 0 Å². The Labute approximate surface area is 112 Å². The van der Waals surface area contributed by atoms with Crippen LogP contribution in [0.25, 0.3) is 0 Å². The van der Waals surface area contributed by atoms with Gasteiger partial charge in [-0.1, -0.05) is 0 Å². The summed E-state index contributed by atoms with van der Waals surface area (Å²) in [5, 5.41) is 4.28. The highest BCUT2D eigenvalue weighted by atomic mass is 16.2. The standard InChI is InChI=1S/C13H20N4O2/c1-9(2)16-8-7-10(13(16)19)17-12(18)6-5-11(14-17)15(3)4/h5-6,9-10H,7-8H2,1-4H3. The van der Waals surface area contributed by atoms with Gasteiger partial charge in [-0.15, -0.1) is 0 Å². The van der Waals surface area contributed by atoms with Gasteiger partial charge in [-0.05, 0) is 26.3 Å². The van der Waals surface area contributed by atoms with E-state index in [2.05, 4.69) is 5.10 Å². The second kappa shape index (κ2) is 5.03. The van der Waals surface area contributed by atoms with E-state index in [0.29, 0.717) is 18.8 Å². The van der Waals surface area contributed by atoms with Crippen molar-refractivity contribution in [3.63, 3.8) is 0 Å². The van der Waals surface area contributed by atoms with Crippen molar-refractivity contribution in [1.82, 2.24) is 14.7 Å². The summed E-state index contributed by atoms with van der Waals surface area (Å²) < 4.78 is 1.32. The first-order valence-corrected chi connectivity index (χ1v) is 6.49. The van der Waals surface area contributed by atoms with Crippen molar-refractivity contribution in [3.8, 4) is 0 Å². The molecule has 0 aromatic carbocycles. The lowest BCUT2D eigenvalue weighted by Gasteiger charge is -2.21. The van der Waals surface area contributed by atoms with Crippen molar-refractivity contribution >= 4 is 11.7 Å². The van der Waals surface area contributed by atoms with E-state index in [1.807, 2.05) is 32.8 Å². The van der Waals surface area contributed by atoms with Crippen LogP contribution in [0, 0.1) is 0 Å². The first-order valence-electron chi connectivity index (χ1n) is 6.49. The van der Waals surface area contributed by atoms with Gasteiger partial charge in [0.25, 0.3) is 5.56 Å². The molecule has 1 saturated heterocycles. The third-order valence-corrected chi connectivity index (χ3v) is 3.40. The van der Waals surface area contributed by atoms with Crippen LogP contribution in [0.4, 0.5) is 5.82 Å². The number of hydrogen-bond donors (Lipinski definition) is 0. The number of hydrogen-bond acceptors (Lipinski definition) is 4. The lowest BCUT2D eigenvalue weighted by atomic mass is 10.2. The zero-order valence-corrected chi connectivity index (χ0v) is 11.8. The van der Waals surface area contributed by atoms with Crippen LogP contribution in [0.3, 0.4) is 0 Å². The molecule has 1 aliphatic rings. The number of amides is 1. The minimum atomic E-state index is -0.463. The lowest BCUT2D eigenvalue weighted by Crippen LogP contribution is -2.37. The van der Waals surface area contributed by atoms with E-state index in [0.717, 1.165) is 0 Å². The number of aromatic nitrogens is 2. The number of rotatable bonds is 3. The summed E-state index contributed by atoms with van der Waals surface area (Å²) in [5.74, 6) is 0.663. The molecule has 0 radical (unpaired) electrons. The summed E-state index contributed by atoms with van der Waals surface area (Å²) in [6.45, 7) is 4.64. The van der Waals surface area contributed by atoms with E-state index in [1.54, 1.807) is 11.0 Å². The molecule has 1 unspecified atom stereocenters. The Morgan fingerprint density at radius 2 is 2.00 bits per heavy atom. The van der Waals surface area contributed by atoms with Crippen LogP contribution in [-0.2, 0) is 4.79 Å². The SMILES string of the molecule is CC(C)N1CCC(n2nc(N(C)C)ccc2=O)C1=O. The third kappa shape index (κ3) is 2.47. The molecule has 6 nitrogen and oxygen atoms in total. The summed E-state index contributed by atoms with van der Waals surface area (Å²) in [4.78, 5) is 27.8. The molecule has 0 spiro atoms. The predicted molar refractivity (Wildman–Crippen MR) is 73.3 cm³/mol. The van der Waals surface area contributed by atoms with Gasteiger partial charge in [0.05, 0.1) is 0 Å². The molecule has 0 saturated carbocycles. The Hall–Kier alpha value is -1.85. The summed E-state index contributed by atoms with van der Waals surface area (Å²) >= 11 is 0. The van der Waals surface area contributed by atoms with E-state index < -0.39 is 6.04 Å². The fourth-order valence-corrected chi connectivity index (χ4v) is 2.30. The van der Waals surface area contributed by atoms with Gasteiger partial charge < -0.3 is 9.80 Å². The first-order chi connectivity index (χ1) is 8.91. The van der Waals surface area contributed by atoms with Crippen molar-refractivity contribution < 1.29 is 4.79 Å². The van der Waals surface area contributed by atoms with Gasteiger partial charge in [-0.3, -0.25) is 9.59 Å². The molecule has 1 aliphatic heterocycles. The second-order valence-corrected chi connectivity index (χ2v) is 5.30.